The molecule has 0 unspecified atom stereocenters. The van der Waals surface area contributed by atoms with Crippen molar-refractivity contribution in [3.63, 3.8) is 0 Å². The van der Waals surface area contributed by atoms with Gasteiger partial charge in [0.25, 0.3) is 0 Å². The zero-order valence-electron chi connectivity index (χ0n) is 19.7. The topological polar surface area (TPSA) is 87.2 Å². The Balaban J connectivity index is 1.21. The number of hydrogen-bond acceptors (Lipinski definition) is 6. The van der Waals surface area contributed by atoms with Gasteiger partial charge in [-0.3, -0.25) is 0 Å². The van der Waals surface area contributed by atoms with E-state index in [-0.39, 0.29) is 0 Å². The molecule has 3 aromatic carbocycles. The Kier molecular flexibility index (Phi) is 7.59. The molecule has 1 aromatic heterocycles. The first-order chi connectivity index (χ1) is 16.5. The zero-order chi connectivity index (χ0) is 24.0. The second kappa shape index (κ2) is 10.8. The molecule has 1 heterocycles. The summed E-state index contributed by atoms with van der Waals surface area (Å²) in [5.74, 6) is 1.52. The molecule has 0 aliphatic heterocycles. The lowest BCUT2D eigenvalue weighted by atomic mass is 10.1. The largest absolute Gasteiger partial charge is 0.362 e. The smallest absolute Gasteiger partial charge is 0.241 e. The molecule has 8 heteroatoms. The van der Waals surface area contributed by atoms with Crippen LogP contribution in [0.5, 0.6) is 0 Å². The number of nitrogens with one attached hydrogen (secondary N) is 2. The van der Waals surface area contributed by atoms with Crippen LogP contribution in [0.3, 0.4) is 0 Å². The van der Waals surface area contributed by atoms with Gasteiger partial charge in [-0.1, -0.05) is 61.4 Å². The molecule has 0 amide bonds. The first-order valence-corrected chi connectivity index (χ1v) is 13.1. The van der Waals surface area contributed by atoms with E-state index in [4.69, 9.17) is 0 Å². The summed E-state index contributed by atoms with van der Waals surface area (Å²) in [7, 11) is 0.426. The number of hydrogen-bond donors (Lipinski definition) is 2. The molecule has 0 aliphatic rings. The molecule has 0 radical (unpaired) electrons. The zero-order valence-corrected chi connectivity index (χ0v) is 20.5. The molecule has 34 heavy (non-hydrogen) atoms. The fourth-order valence-electron chi connectivity index (χ4n) is 4.00. The third-order valence-electron chi connectivity index (χ3n) is 5.72. The summed E-state index contributed by atoms with van der Waals surface area (Å²) in [6, 6.07) is 20.9. The van der Waals surface area contributed by atoms with Crippen LogP contribution in [0.1, 0.15) is 25.7 Å². The number of benzene rings is 3. The van der Waals surface area contributed by atoms with Crippen molar-refractivity contribution in [2.24, 2.45) is 0 Å². The van der Waals surface area contributed by atoms with Gasteiger partial charge < -0.3 is 10.2 Å². The van der Waals surface area contributed by atoms with Gasteiger partial charge in [0.05, 0.1) is 10.4 Å². The van der Waals surface area contributed by atoms with Crippen LogP contribution in [0.2, 0.25) is 0 Å². The third-order valence-corrected chi connectivity index (χ3v) is 7.24. The molecule has 0 saturated heterocycles. The van der Waals surface area contributed by atoms with Crippen molar-refractivity contribution in [1.29, 1.82) is 0 Å². The Bertz CT molecular complexity index is 1370. The summed E-state index contributed by atoms with van der Waals surface area (Å²) >= 11 is 0. The number of nitrogens with zero attached hydrogens (tertiary/aromatic N) is 3. The molecular weight excluding hydrogens is 446 g/mol. The first kappa shape index (κ1) is 23.9. The van der Waals surface area contributed by atoms with Crippen LogP contribution in [0.15, 0.2) is 71.6 Å². The molecule has 0 spiro atoms. The summed E-state index contributed by atoms with van der Waals surface area (Å²) in [5.41, 5.74) is 0.919. The van der Waals surface area contributed by atoms with Gasteiger partial charge in [-0.25, -0.2) is 18.1 Å². The van der Waals surface area contributed by atoms with Crippen LogP contribution in [0.25, 0.3) is 21.7 Å². The molecule has 178 valence electrons. The Morgan fingerprint density at radius 2 is 1.44 bits per heavy atom. The van der Waals surface area contributed by atoms with E-state index in [0.717, 1.165) is 59.7 Å². The minimum atomic E-state index is -3.53. The van der Waals surface area contributed by atoms with E-state index in [0.29, 0.717) is 17.4 Å². The van der Waals surface area contributed by atoms with Gasteiger partial charge in [0.1, 0.15) is 5.82 Å². The average molecular weight is 478 g/mol. The maximum absolute atomic E-state index is 12.8. The number of sulfonamides is 1. The van der Waals surface area contributed by atoms with Crippen molar-refractivity contribution < 1.29 is 8.42 Å². The van der Waals surface area contributed by atoms with Gasteiger partial charge in [0.15, 0.2) is 0 Å². The third kappa shape index (κ3) is 5.63. The van der Waals surface area contributed by atoms with Gasteiger partial charge in [-0.15, -0.1) is 0 Å². The maximum atomic E-state index is 12.8. The normalized spacial score (nSPS) is 11.7. The van der Waals surface area contributed by atoms with Crippen molar-refractivity contribution in [2.75, 3.05) is 37.4 Å². The van der Waals surface area contributed by atoms with Crippen molar-refractivity contribution in [3.8, 4) is 0 Å². The van der Waals surface area contributed by atoms with E-state index in [2.05, 4.69) is 20.0 Å². The fraction of sp³-hybridized carbons (Fsp3) is 0.308. The predicted octanol–water partition coefficient (Wildman–Crippen LogP) is 4.80. The minimum Gasteiger partial charge on any atom is -0.362 e. The highest BCUT2D eigenvalue weighted by Gasteiger charge is 2.16. The Labute approximate surface area is 201 Å². The highest BCUT2D eigenvalue weighted by atomic mass is 32.2. The standard InChI is InChI=1S/C26H31N5O2S/c1-31(2)25-22-15-7-8-16-23(22)29-26(30-25)27-18-9-3-4-10-19-28-34(32,33)24-17-11-13-20-12-5-6-14-21(20)24/h5-8,11-17,28H,3-4,9-10,18-19H2,1-2H3,(H,27,29,30). The number of para-hydroxylation sites is 1. The van der Waals surface area contributed by atoms with Gasteiger partial charge in [-0.2, -0.15) is 4.98 Å². The van der Waals surface area contributed by atoms with Gasteiger partial charge in [0.2, 0.25) is 16.0 Å². The first-order valence-electron chi connectivity index (χ1n) is 11.6. The van der Waals surface area contributed by atoms with Crippen LogP contribution in [-0.4, -0.2) is 45.6 Å². The van der Waals surface area contributed by atoms with E-state index in [9.17, 15) is 8.42 Å². The molecule has 0 fully saturated rings. The van der Waals surface area contributed by atoms with Crippen molar-refractivity contribution in [3.05, 3.63) is 66.7 Å². The average Bonchev–Trinajstić information content (AvgIpc) is 2.84. The molecule has 0 bridgehead atoms. The molecule has 4 rings (SSSR count). The molecule has 7 nitrogen and oxygen atoms in total. The van der Waals surface area contributed by atoms with E-state index in [1.165, 1.54) is 0 Å². The van der Waals surface area contributed by atoms with E-state index < -0.39 is 10.0 Å². The lowest BCUT2D eigenvalue weighted by Crippen LogP contribution is -2.25. The Morgan fingerprint density at radius 1 is 0.765 bits per heavy atom. The number of unbranched alkanes of at least 4 members (excludes halogenated alkanes) is 3. The lowest BCUT2D eigenvalue weighted by Gasteiger charge is -2.15. The Hall–Kier alpha value is -3.23. The van der Waals surface area contributed by atoms with E-state index >= 15 is 0 Å². The lowest BCUT2D eigenvalue weighted by molar-refractivity contribution is 0.573. The second-order valence-electron chi connectivity index (χ2n) is 8.50. The summed E-state index contributed by atoms with van der Waals surface area (Å²) in [4.78, 5) is 11.6. The molecule has 0 saturated carbocycles. The van der Waals surface area contributed by atoms with Crippen LogP contribution < -0.4 is 14.9 Å². The van der Waals surface area contributed by atoms with E-state index in [1.54, 1.807) is 12.1 Å². The van der Waals surface area contributed by atoms with Gasteiger partial charge in [-0.05, 0) is 36.4 Å². The Morgan fingerprint density at radius 3 is 2.24 bits per heavy atom. The minimum absolute atomic E-state index is 0.335. The van der Waals surface area contributed by atoms with Crippen LogP contribution in [0.4, 0.5) is 11.8 Å². The van der Waals surface area contributed by atoms with Crippen molar-refractivity contribution in [2.45, 2.75) is 30.6 Å². The number of aromatic nitrogens is 2. The van der Waals surface area contributed by atoms with Crippen molar-refractivity contribution >= 4 is 43.5 Å². The fourth-order valence-corrected chi connectivity index (χ4v) is 5.30. The SMILES string of the molecule is CN(C)c1nc(NCCCCCCNS(=O)(=O)c2cccc3ccccc23)nc2ccccc12. The highest BCUT2D eigenvalue weighted by molar-refractivity contribution is 7.89. The van der Waals surface area contributed by atoms with Crippen molar-refractivity contribution in [1.82, 2.24) is 14.7 Å². The van der Waals surface area contributed by atoms with Gasteiger partial charge >= 0.3 is 0 Å². The summed E-state index contributed by atoms with van der Waals surface area (Å²) < 4.78 is 28.3. The summed E-state index contributed by atoms with van der Waals surface area (Å²) in [5, 5.41) is 6.03. The molecule has 0 atom stereocenters. The van der Waals surface area contributed by atoms with Gasteiger partial charge in [0, 0.05) is 38.0 Å². The molecule has 4 aromatic rings. The molecule has 2 N–H and O–H groups in total. The monoisotopic (exact) mass is 477 g/mol. The molecular formula is C26H31N5O2S. The maximum Gasteiger partial charge on any atom is 0.241 e. The van der Waals surface area contributed by atoms with Crippen LogP contribution in [-0.2, 0) is 10.0 Å². The highest BCUT2D eigenvalue weighted by Crippen LogP contribution is 2.24. The summed E-state index contributed by atoms with van der Waals surface area (Å²) in [6.45, 7) is 1.20. The quantitative estimate of drug-likeness (QED) is 0.302. The van der Waals surface area contributed by atoms with E-state index in [1.807, 2.05) is 73.6 Å². The van der Waals surface area contributed by atoms with Crippen LogP contribution >= 0.6 is 0 Å². The summed E-state index contributed by atoms with van der Waals surface area (Å²) in [6.07, 6.45) is 3.70. The second-order valence-corrected chi connectivity index (χ2v) is 10.2. The number of rotatable bonds is 11. The predicted molar refractivity (Wildman–Crippen MR) is 140 cm³/mol. The van der Waals surface area contributed by atoms with Crippen LogP contribution in [0, 0.1) is 0 Å². The number of fused-ring (bicyclic) bond motifs is 2. The number of anilines is 2. The molecule has 0 aliphatic carbocycles.